The number of hydrogen-bond acceptors (Lipinski definition) is 5. The Morgan fingerprint density at radius 1 is 1.16 bits per heavy atom. The summed E-state index contributed by atoms with van der Waals surface area (Å²) in [4.78, 5) is 31.3. The Kier molecular flexibility index (Phi) is 6.74. The minimum Gasteiger partial charge on any atom is -0.322 e. The number of anilines is 1. The molecule has 3 heterocycles. The number of piperazine rings is 1. The van der Waals surface area contributed by atoms with Crippen molar-refractivity contribution >= 4 is 24.1 Å². The van der Waals surface area contributed by atoms with Gasteiger partial charge in [-0.3, -0.25) is 9.89 Å². The van der Waals surface area contributed by atoms with Crippen molar-refractivity contribution < 1.29 is 4.79 Å². The molecule has 2 amide bonds. The fourth-order valence-electron chi connectivity index (χ4n) is 3.42. The van der Waals surface area contributed by atoms with Gasteiger partial charge in [-0.05, 0) is 36.8 Å². The van der Waals surface area contributed by atoms with Crippen molar-refractivity contribution in [3.05, 3.63) is 64.2 Å². The molecule has 0 aliphatic carbocycles. The number of carbonyl (C=O) groups is 1. The normalized spacial score (nSPS) is 13.2. The highest BCUT2D eigenvalue weighted by atomic mass is 35.5. The maximum Gasteiger partial charge on any atom is 0.321 e. The van der Waals surface area contributed by atoms with Gasteiger partial charge < -0.3 is 15.5 Å². The van der Waals surface area contributed by atoms with Crippen LogP contribution in [0.1, 0.15) is 11.3 Å². The van der Waals surface area contributed by atoms with Crippen LogP contribution in [-0.2, 0) is 0 Å². The SMILES string of the molecule is Cc1[nH]n(-c2ccc(NC(=O)N3CCNCC3)cn2)c(=O)c1-c1ccc(C#N)cc1.Cl. The minimum atomic E-state index is -0.234. The van der Waals surface area contributed by atoms with Crippen molar-refractivity contribution in [2.75, 3.05) is 31.5 Å². The molecule has 1 fully saturated rings. The van der Waals surface area contributed by atoms with Crippen LogP contribution in [0.2, 0.25) is 0 Å². The third kappa shape index (κ3) is 4.60. The average molecular weight is 440 g/mol. The van der Waals surface area contributed by atoms with Crippen molar-refractivity contribution in [1.29, 1.82) is 5.26 Å². The van der Waals surface area contributed by atoms with Crippen LogP contribution in [0.5, 0.6) is 0 Å². The van der Waals surface area contributed by atoms with E-state index in [2.05, 4.69) is 26.8 Å². The maximum atomic E-state index is 13.0. The van der Waals surface area contributed by atoms with Gasteiger partial charge in [-0.25, -0.2) is 14.5 Å². The summed E-state index contributed by atoms with van der Waals surface area (Å²) in [5.41, 5.74) is 2.81. The Morgan fingerprint density at radius 2 is 1.87 bits per heavy atom. The van der Waals surface area contributed by atoms with E-state index in [0.717, 1.165) is 18.7 Å². The molecule has 1 aliphatic heterocycles. The topological polar surface area (TPSA) is 119 Å². The van der Waals surface area contributed by atoms with Gasteiger partial charge >= 0.3 is 6.03 Å². The fraction of sp³-hybridized carbons (Fsp3) is 0.238. The molecule has 3 N–H and O–H groups in total. The number of carbonyl (C=O) groups excluding carboxylic acids is 1. The number of H-pyrrole nitrogens is 1. The molecule has 0 atom stereocenters. The highest BCUT2D eigenvalue weighted by molar-refractivity contribution is 5.89. The highest BCUT2D eigenvalue weighted by Crippen LogP contribution is 2.20. The summed E-state index contributed by atoms with van der Waals surface area (Å²) in [5.74, 6) is 0.420. The number of amides is 2. The first kappa shape index (κ1) is 22.1. The Balaban J connectivity index is 0.00000272. The first-order valence-corrected chi connectivity index (χ1v) is 9.62. The molecule has 9 nitrogen and oxygen atoms in total. The number of aromatic nitrogens is 3. The van der Waals surface area contributed by atoms with Crippen molar-refractivity contribution in [3.63, 3.8) is 0 Å². The zero-order valence-corrected chi connectivity index (χ0v) is 17.7. The molecule has 4 rings (SSSR count). The van der Waals surface area contributed by atoms with Crippen LogP contribution in [0, 0.1) is 18.3 Å². The van der Waals surface area contributed by atoms with Crippen molar-refractivity contribution in [2.24, 2.45) is 0 Å². The molecular weight excluding hydrogens is 418 g/mol. The number of aryl methyl sites for hydroxylation is 1. The molecule has 0 unspecified atom stereocenters. The van der Waals surface area contributed by atoms with Gasteiger partial charge in [0.05, 0.1) is 29.1 Å². The van der Waals surface area contributed by atoms with Gasteiger partial charge in [0, 0.05) is 31.9 Å². The standard InChI is InChI=1S/C21H21N7O2.ClH/c1-14-19(16-4-2-15(12-22)3-5-16)20(29)28(26-14)18-7-6-17(13-24-18)25-21(30)27-10-8-23-9-11-27;/h2-7,13,23,26H,8-11H2,1H3,(H,25,30);1H. The Bertz CT molecular complexity index is 1150. The van der Waals surface area contributed by atoms with E-state index in [9.17, 15) is 9.59 Å². The second-order valence-electron chi connectivity index (χ2n) is 7.01. The lowest BCUT2D eigenvalue weighted by Crippen LogP contribution is -2.48. The van der Waals surface area contributed by atoms with E-state index < -0.39 is 0 Å². The van der Waals surface area contributed by atoms with Gasteiger partial charge in [-0.1, -0.05) is 12.1 Å². The lowest BCUT2D eigenvalue weighted by atomic mass is 10.1. The van der Waals surface area contributed by atoms with Gasteiger partial charge in [-0.2, -0.15) is 5.26 Å². The number of nitrogens with zero attached hydrogens (tertiary/aromatic N) is 4. The van der Waals surface area contributed by atoms with Gasteiger partial charge in [0.1, 0.15) is 0 Å². The second kappa shape index (κ2) is 9.47. The summed E-state index contributed by atoms with van der Waals surface area (Å²) >= 11 is 0. The van der Waals surface area contributed by atoms with Crippen LogP contribution in [0.4, 0.5) is 10.5 Å². The number of hydrogen-bond donors (Lipinski definition) is 3. The molecule has 2 aromatic heterocycles. The van der Waals surface area contributed by atoms with Crippen LogP contribution in [-0.4, -0.2) is 51.9 Å². The third-order valence-electron chi connectivity index (χ3n) is 5.01. The number of benzene rings is 1. The number of pyridine rings is 1. The number of aromatic amines is 1. The summed E-state index contributed by atoms with van der Waals surface area (Å²) in [7, 11) is 0. The van der Waals surface area contributed by atoms with Crippen molar-refractivity contribution in [3.8, 4) is 23.0 Å². The molecule has 0 bridgehead atoms. The summed E-state index contributed by atoms with van der Waals surface area (Å²) < 4.78 is 1.37. The molecule has 3 aromatic rings. The fourth-order valence-corrected chi connectivity index (χ4v) is 3.42. The molecule has 10 heteroatoms. The molecule has 0 spiro atoms. The number of nitrogens with one attached hydrogen (secondary N) is 3. The highest BCUT2D eigenvalue weighted by Gasteiger charge is 2.17. The minimum absolute atomic E-state index is 0. The smallest absolute Gasteiger partial charge is 0.321 e. The monoisotopic (exact) mass is 439 g/mol. The van der Waals surface area contributed by atoms with Gasteiger partial charge in [0.25, 0.3) is 5.56 Å². The maximum absolute atomic E-state index is 13.0. The quantitative estimate of drug-likeness (QED) is 0.578. The number of nitriles is 1. The second-order valence-corrected chi connectivity index (χ2v) is 7.01. The van der Waals surface area contributed by atoms with Crippen LogP contribution in [0.15, 0.2) is 47.4 Å². The van der Waals surface area contributed by atoms with E-state index >= 15 is 0 Å². The Hall–Kier alpha value is -3.61. The van der Waals surface area contributed by atoms with Gasteiger partial charge in [0.15, 0.2) is 5.82 Å². The molecule has 1 aromatic carbocycles. The number of urea groups is 1. The lowest BCUT2D eigenvalue weighted by molar-refractivity contribution is 0.204. The summed E-state index contributed by atoms with van der Waals surface area (Å²) in [6, 6.07) is 12.2. The van der Waals surface area contributed by atoms with E-state index in [1.807, 2.05) is 6.92 Å². The van der Waals surface area contributed by atoms with Crippen LogP contribution in [0.25, 0.3) is 16.9 Å². The predicted molar refractivity (Wildman–Crippen MR) is 120 cm³/mol. The Labute approximate surface area is 185 Å². The van der Waals surface area contributed by atoms with E-state index in [4.69, 9.17) is 5.26 Å². The lowest BCUT2D eigenvalue weighted by Gasteiger charge is -2.27. The summed E-state index contributed by atoms with van der Waals surface area (Å²) in [6.07, 6.45) is 1.53. The van der Waals surface area contributed by atoms with Gasteiger partial charge in [0.2, 0.25) is 0 Å². The predicted octanol–water partition coefficient (Wildman–Crippen LogP) is 2.27. The molecule has 0 radical (unpaired) electrons. The molecule has 160 valence electrons. The third-order valence-corrected chi connectivity index (χ3v) is 5.01. The molecule has 1 saturated heterocycles. The summed E-state index contributed by atoms with van der Waals surface area (Å²) in [6.45, 7) is 4.69. The molecule has 0 saturated carbocycles. The molecule has 1 aliphatic rings. The molecular formula is C21H22ClN7O2. The largest absolute Gasteiger partial charge is 0.322 e. The van der Waals surface area contributed by atoms with Crippen LogP contribution < -0.4 is 16.2 Å². The first-order chi connectivity index (χ1) is 14.6. The van der Waals surface area contributed by atoms with Crippen LogP contribution in [0.3, 0.4) is 0 Å². The number of halogens is 1. The number of rotatable bonds is 3. The summed E-state index contributed by atoms with van der Waals surface area (Å²) in [5, 5.41) is 18.0. The molecule has 31 heavy (non-hydrogen) atoms. The van der Waals surface area contributed by atoms with E-state index in [1.54, 1.807) is 41.3 Å². The van der Waals surface area contributed by atoms with E-state index in [1.165, 1.54) is 10.9 Å². The van der Waals surface area contributed by atoms with Crippen molar-refractivity contribution in [1.82, 2.24) is 25.0 Å². The Morgan fingerprint density at radius 3 is 2.48 bits per heavy atom. The zero-order chi connectivity index (χ0) is 21.1. The zero-order valence-electron chi connectivity index (χ0n) is 16.9. The average Bonchev–Trinajstić information content (AvgIpc) is 3.09. The van der Waals surface area contributed by atoms with Crippen LogP contribution >= 0.6 is 12.4 Å². The first-order valence-electron chi connectivity index (χ1n) is 9.62. The van der Waals surface area contributed by atoms with Gasteiger partial charge in [-0.15, -0.1) is 12.4 Å². The van der Waals surface area contributed by atoms with Crippen molar-refractivity contribution in [2.45, 2.75) is 6.92 Å². The van der Waals surface area contributed by atoms with E-state index in [0.29, 0.717) is 41.4 Å². The van der Waals surface area contributed by atoms with E-state index in [-0.39, 0.29) is 24.0 Å².